The van der Waals surface area contributed by atoms with Gasteiger partial charge in [0.2, 0.25) is 0 Å². The highest BCUT2D eigenvalue weighted by atomic mass is 35.5. The molecule has 118 valence electrons. The van der Waals surface area contributed by atoms with Crippen LogP contribution in [0.3, 0.4) is 0 Å². The van der Waals surface area contributed by atoms with E-state index in [1.54, 1.807) is 19.4 Å². The van der Waals surface area contributed by atoms with E-state index in [1.165, 1.54) is 12.2 Å². The average Bonchev–Trinajstić information content (AvgIpc) is 2.94. The molecule has 0 saturated carbocycles. The van der Waals surface area contributed by atoms with Gasteiger partial charge in [-0.05, 0) is 12.1 Å². The number of carbonyl (C=O) groups excluding carboxylic acids is 1. The maximum absolute atomic E-state index is 12.6. The molecule has 0 atom stereocenters. The van der Waals surface area contributed by atoms with Gasteiger partial charge in [-0.1, -0.05) is 11.6 Å². The molecule has 1 amide bonds. The molecule has 1 aliphatic heterocycles. The van der Waals surface area contributed by atoms with Gasteiger partial charge < -0.3 is 4.90 Å². The molecule has 0 N–H and O–H groups in total. The lowest BCUT2D eigenvalue weighted by molar-refractivity contribution is -0.0756. The molecule has 0 aromatic carbocycles. The van der Waals surface area contributed by atoms with E-state index in [1.807, 2.05) is 22.2 Å². The molecule has 6 nitrogen and oxygen atoms in total. The summed E-state index contributed by atoms with van der Waals surface area (Å²) in [6.45, 7) is 1.77. The molecule has 0 spiro atoms. The maximum Gasteiger partial charge on any atom is 0.280 e. The van der Waals surface area contributed by atoms with Gasteiger partial charge in [0.1, 0.15) is 12.1 Å². The predicted molar refractivity (Wildman–Crippen MR) is 88.8 cm³/mol. The van der Waals surface area contributed by atoms with Crippen LogP contribution in [0, 0.1) is 0 Å². The van der Waals surface area contributed by atoms with Gasteiger partial charge in [-0.3, -0.25) is 14.0 Å². The second kappa shape index (κ2) is 6.36. The zero-order chi connectivity index (χ0) is 15.7. The molecule has 0 unspecified atom stereocenters. The molecule has 8 heteroatoms. The van der Waals surface area contributed by atoms with Crippen LogP contribution in [-0.2, 0) is 4.84 Å². The van der Waals surface area contributed by atoms with Crippen molar-refractivity contribution in [3.63, 3.8) is 0 Å². The summed E-state index contributed by atoms with van der Waals surface area (Å²) in [7, 11) is 3.07. The number of amides is 1. The second-order valence-corrected chi connectivity index (χ2v) is 6.53. The number of nitrogens with zero attached hydrogens (tertiary/aromatic N) is 4. The molecule has 1 fully saturated rings. The Morgan fingerprint density at radius 1 is 1.41 bits per heavy atom. The fourth-order valence-corrected chi connectivity index (χ4v) is 3.64. The minimum absolute atomic E-state index is 0.192. The lowest BCUT2D eigenvalue weighted by atomic mass is 10.2. The van der Waals surface area contributed by atoms with Crippen molar-refractivity contribution in [1.82, 2.24) is 14.4 Å². The standard InChI is InChI=1S/C14H17ClN4O2S/c1-17(21-2)14(20)10-3-4-11-12(15)16-9-19(11)13(10)18-5-7-22-8-6-18/h3-4,9H,5-8H2,1-2H3. The molecule has 0 aliphatic carbocycles. The molecule has 1 aliphatic rings. The number of carbonyl (C=O) groups is 1. The highest BCUT2D eigenvalue weighted by Crippen LogP contribution is 2.29. The fourth-order valence-electron chi connectivity index (χ4n) is 2.54. The number of thioether (sulfide) groups is 1. The third-order valence-corrected chi connectivity index (χ3v) is 4.97. The van der Waals surface area contributed by atoms with Crippen molar-refractivity contribution in [2.45, 2.75) is 0 Å². The first-order valence-electron chi connectivity index (χ1n) is 6.94. The highest BCUT2D eigenvalue weighted by molar-refractivity contribution is 7.99. The Bertz CT molecular complexity index is 699. The van der Waals surface area contributed by atoms with E-state index in [2.05, 4.69) is 9.88 Å². The van der Waals surface area contributed by atoms with E-state index < -0.39 is 0 Å². The molecule has 1 saturated heterocycles. The van der Waals surface area contributed by atoms with E-state index in [-0.39, 0.29) is 5.91 Å². The minimum atomic E-state index is -0.192. The van der Waals surface area contributed by atoms with Crippen LogP contribution in [0.2, 0.25) is 5.15 Å². The number of halogens is 1. The highest BCUT2D eigenvalue weighted by Gasteiger charge is 2.24. The lowest BCUT2D eigenvalue weighted by Gasteiger charge is -2.31. The predicted octanol–water partition coefficient (Wildman–Crippen LogP) is 2.17. The summed E-state index contributed by atoms with van der Waals surface area (Å²) in [6, 6.07) is 3.60. The summed E-state index contributed by atoms with van der Waals surface area (Å²) in [6.07, 6.45) is 1.67. The number of imidazole rings is 1. The van der Waals surface area contributed by atoms with E-state index in [0.717, 1.165) is 35.9 Å². The van der Waals surface area contributed by atoms with Crippen LogP contribution >= 0.6 is 23.4 Å². The number of hydrogen-bond acceptors (Lipinski definition) is 5. The van der Waals surface area contributed by atoms with Crippen LogP contribution in [0.4, 0.5) is 5.82 Å². The van der Waals surface area contributed by atoms with Crippen LogP contribution in [-0.4, -0.2) is 59.1 Å². The van der Waals surface area contributed by atoms with Crippen molar-refractivity contribution in [3.8, 4) is 0 Å². The lowest BCUT2D eigenvalue weighted by Crippen LogP contribution is -2.36. The molecule has 3 heterocycles. The van der Waals surface area contributed by atoms with E-state index in [9.17, 15) is 4.79 Å². The Labute approximate surface area is 137 Å². The normalized spacial score (nSPS) is 15.3. The number of aromatic nitrogens is 2. The molecule has 0 bridgehead atoms. The molecular weight excluding hydrogens is 324 g/mol. The van der Waals surface area contributed by atoms with Crippen LogP contribution in [0.5, 0.6) is 0 Å². The van der Waals surface area contributed by atoms with E-state index in [0.29, 0.717) is 10.7 Å². The summed E-state index contributed by atoms with van der Waals surface area (Å²) in [5.74, 6) is 2.70. The van der Waals surface area contributed by atoms with Crippen molar-refractivity contribution < 1.29 is 9.63 Å². The summed E-state index contributed by atoms with van der Waals surface area (Å²) >= 11 is 8.05. The third-order valence-electron chi connectivity index (χ3n) is 3.74. The fraction of sp³-hybridized carbons (Fsp3) is 0.429. The van der Waals surface area contributed by atoms with Gasteiger partial charge >= 0.3 is 0 Å². The monoisotopic (exact) mass is 340 g/mol. The summed E-state index contributed by atoms with van der Waals surface area (Å²) in [5.41, 5.74) is 1.38. The Morgan fingerprint density at radius 3 is 2.82 bits per heavy atom. The molecule has 2 aromatic heterocycles. The average molecular weight is 341 g/mol. The maximum atomic E-state index is 12.6. The van der Waals surface area contributed by atoms with E-state index in [4.69, 9.17) is 16.4 Å². The van der Waals surface area contributed by atoms with Crippen molar-refractivity contribution in [2.24, 2.45) is 0 Å². The number of pyridine rings is 1. The number of anilines is 1. The van der Waals surface area contributed by atoms with Crippen molar-refractivity contribution >= 4 is 40.6 Å². The van der Waals surface area contributed by atoms with Crippen LogP contribution in [0.1, 0.15) is 10.4 Å². The third kappa shape index (κ3) is 2.64. The largest absolute Gasteiger partial charge is 0.355 e. The first-order chi connectivity index (χ1) is 10.6. The first-order valence-corrected chi connectivity index (χ1v) is 8.47. The molecule has 3 rings (SSSR count). The van der Waals surface area contributed by atoms with Gasteiger partial charge in [0.05, 0.1) is 18.2 Å². The molecule has 22 heavy (non-hydrogen) atoms. The zero-order valence-electron chi connectivity index (χ0n) is 12.5. The van der Waals surface area contributed by atoms with Gasteiger partial charge in [-0.2, -0.15) is 11.8 Å². The summed E-state index contributed by atoms with van der Waals surface area (Å²) in [4.78, 5) is 24.0. The quantitative estimate of drug-likeness (QED) is 0.801. The minimum Gasteiger partial charge on any atom is -0.355 e. The van der Waals surface area contributed by atoms with Gasteiger partial charge in [0.25, 0.3) is 5.91 Å². The van der Waals surface area contributed by atoms with Crippen LogP contribution in [0.25, 0.3) is 5.52 Å². The summed E-state index contributed by atoms with van der Waals surface area (Å²) in [5, 5.41) is 1.66. The molecule has 2 aromatic rings. The van der Waals surface area contributed by atoms with Crippen molar-refractivity contribution in [3.05, 3.63) is 29.2 Å². The number of hydrogen-bond donors (Lipinski definition) is 0. The van der Waals surface area contributed by atoms with E-state index >= 15 is 0 Å². The van der Waals surface area contributed by atoms with Gasteiger partial charge in [0.15, 0.2) is 5.15 Å². The molecular formula is C14H17ClN4O2S. The van der Waals surface area contributed by atoms with Crippen LogP contribution < -0.4 is 4.90 Å². The van der Waals surface area contributed by atoms with Gasteiger partial charge in [-0.15, -0.1) is 0 Å². The van der Waals surface area contributed by atoms with Gasteiger partial charge in [0, 0.05) is 31.6 Å². The Hall–Kier alpha value is -1.44. The number of rotatable bonds is 3. The summed E-state index contributed by atoms with van der Waals surface area (Å²) < 4.78 is 1.88. The Morgan fingerprint density at radius 2 is 2.14 bits per heavy atom. The molecule has 0 radical (unpaired) electrons. The van der Waals surface area contributed by atoms with Gasteiger partial charge in [-0.25, -0.2) is 10.0 Å². The van der Waals surface area contributed by atoms with Crippen molar-refractivity contribution in [2.75, 3.05) is 43.7 Å². The first kappa shape index (κ1) is 15.5. The number of hydroxylamine groups is 2. The Kier molecular flexibility index (Phi) is 4.46. The second-order valence-electron chi connectivity index (χ2n) is 4.95. The van der Waals surface area contributed by atoms with Crippen LogP contribution in [0.15, 0.2) is 18.5 Å². The number of fused-ring (bicyclic) bond motifs is 1. The zero-order valence-corrected chi connectivity index (χ0v) is 14.0. The van der Waals surface area contributed by atoms with Crippen molar-refractivity contribution in [1.29, 1.82) is 0 Å². The topological polar surface area (TPSA) is 50.1 Å². The smallest absolute Gasteiger partial charge is 0.280 e. The SMILES string of the molecule is CON(C)C(=O)c1ccc2c(Cl)ncn2c1N1CCSCC1. The Balaban J connectivity index is 2.16.